The molecule has 5 rings (SSSR count). The average Bonchev–Trinajstić information content (AvgIpc) is 3.39. The molecule has 0 spiro atoms. The molecule has 28 heavy (non-hydrogen) atoms. The van der Waals surface area contributed by atoms with Crippen molar-refractivity contribution in [1.29, 1.82) is 0 Å². The van der Waals surface area contributed by atoms with Gasteiger partial charge < -0.3 is 10.7 Å². The van der Waals surface area contributed by atoms with Crippen LogP contribution in [0.5, 0.6) is 0 Å². The second-order valence-corrected chi connectivity index (χ2v) is 7.39. The van der Waals surface area contributed by atoms with Crippen molar-refractivity contribution in [2.75, 3.05) is 10.6 Å². The topological polar surface area (TPSA) is 114 Å². The Kier molecular flexibility index (Phi) is 3.85. The van der Waals surface area contributed by atoms with Crippen LogP contribution in [-0.2, 0) is 11.3 Å². The van der Waals surface area contributed by atoms with E-state index in [9.17, 15) is 4.79 Å². The summed E-state index contributed by atoms with van der Waals surface area (Å²) in [6, 6.07) is 5.89. The first kappa shape index (κ1) is 16.8. The Hall–Kier alpha value is -3.30. The number of carbonyl (C=O) groups excluding carboxylic acids is 1. The fraction of sp³-hybridized carbons (Fsp3) is 0.0556. The van der Waals surface area contributed by atoms with Crippen LogP contribution in [0.2, 0.25) is 5.15 Å². The number of nitrogens with one attached hydrogen (secondary N) is 1. The summed E-state index contributed by atoms with van der Waals surface area (Å²) in [6.45, 7) is 0.321. The predicted molar refractivity (Wildman–Crippen MR) is 109 cm³/mol. The Morgan fingerprint density at radius 1 is 1.29 bits per heavy atom. The molecule has 10 heteroatoms. The summed E-state index contributed by atoms with van der Waals surface area (Å²) >= 11 is 7.87. The highest BCUT2D eigenvalue weighted by atomic mass is 35.5. The van der Waals surface area contributed by atoms with Crippen molar-refractivity contribution in [3.63, 3.8) is 0 Å². The second-order valence-electron chi connectivity index (χ2n) is 6.15. The number of thiazole rings is 1. The molecule has 0 bridgehead atoms. The maximum Gasteiger partial charge on any atom is 0.260 e. The van der Waals surface area contributed by atoms with Gasteiger partial charge in [-0.25, -0.2) is 15.0 Å². The molecule has 8 nitrogen and oxygen atoms in total. The largest absolute Gasteiger partial charge is 0.368 e. The van der Waals surface area contributed by atoms with Gasteiger partial charge in [0.1, 0.15) is 11.0 Å². The fourth-order valence-electron chi connectivity index (χ4n) is 3.17. The molecule has 1 aliphatic heterocycles. The fourth-order valence-corrected chi connectivity index (χ4v) is 4.18. The number of nitrogens with zero attached hydrogens (tertiary/aromatic N) is 5. The van der Waals surface area contributed by atoms with Crippen molar-refractivity contribution >= 4 is 62.5 Å². The maximum absolute atomic E-state index is 13.2. The van der Waals surface area contributed by atoms with Crippen LogP contribution in [0, 0.1) is 0 Å². The third-order valence-corrected chi connectivity index (χ3v) is 5.47. The van der Waals surface area contributed by atoms with Crippen LogP contribution >= 0.6 is 22.9 Å². The highest BCUT2D eigenvalue weighted by molar-refractivity contribution is 7.16. The number of benzene rings is 1. The Morgan fingerprint density at radius 2 is 2.18 bits per heavy atom. The van der Waals surface area contributed by atoms with Gasteiger partial charge in [-0.15, -0.1) is 11.3 Å². The number of hydrogen-bond acceptors (Lipinski definition) is 7. The monoisotopic (exact) mass is 409 g/mol. The van der Waals surface area contributed by atoms with Crippen molar-refractivity contribution in [3.8, 4) is 0 Å². The summed E-state index contributed by atoms with van der Waals surface area (Å²) in [6.07, 6.45) is 4.92. The van der Waals surface area contributed by atoms with E-state index in [2.05, 4.69) is 24.9 Å². The Labute approximate surface area is 167 Å². The molecule has 0 aliphatic carbocycles. The highest BCUT2D eigenvalue weighted by Gasteiger charge is 2.37. The van der Waals surface area contributed by atoms with Crippen LogP contribution in [0.1, 0.15) is 17.0 Å². The zero-order chi connectivity index (χ0) is 19.3. The molecule has 0 saturated heterocycles. The molecule has 1 aliphatic rings. The number of imidazole rings is 1. The van der Waals surface area contributed by atoms with Crippen LogP contribution < -0.4 is 10.6 Å². The number of hydrogen-bond donors (Lipinski definition) is 2. The third-order valence-electron chi connectivity index (χ3n) is 4.40. The molecule has 0 atom stereocenters. The van der Waals surface area contributed by atoms with Crippen molar-refractivity contribution in [1.82, 2.24) is 24.9 Å². The number of halogens is 1. The number of nitrogens with two attached hydrogens (primary N) is 1. The number of carbonyl (C=O) groups is 1. The second kappa shape index (κ2) is 6.39. The number of nitrogen functional groups attached to an aromatic ring is 1. The van der Waals surface area contributed by atoms with Crippen LogP contribution in [0.4, 0.5) is 11.8 Å². The maximum atomic E-state index is 13.2. The van der Waals surface area contributed by atoms with Gasteiger partial charge in [-0.1, -0.05) is 17.7 Å². The molecule has 3 aromatic heterocycles. The molecule has 0 radical (unpaired) electrons. The molecule has 0 saturated carbocycles. The lowest BCUT2D eigenvalue weighted by molar-refractivity contribution is -0.113. The standard InChI is InChI=1S/C18H12ClN7OS/c19-15-14-10(6-13-21-3-4-22-13)17(27)26(16(14)25-18(20)24-15)7-9-1-2-11-12(5-9)28-8-23-11/h1-6,8H,7H2,(H,21,22)(H2,20,24,25). The summed E-state index contributed by atoms with van der Waals surface area (Å²) in [5.74, 6) is 0.705. The average molecular weight is 410 g/mol. The molecule has 3 N–H and O–H groups in total. The van der Waals surface area contributed by atoms with Gasteiger partial charge >= 0.3 is 0 Å². The van der Waals surface area contributed by atoms with Crippen molar-refractivity contribution < 1.29 is 4.79 Å². The van der Waals surface area contributed by atoms with Crippen molar-refractivity contribution in [2.45, 2.75) is 6.54 Å². The van der Waals surface area contributed by atoms with Gasteiger partial charge in [0.2, 0.25) is 5.95 Å². The van der Waals surface area contributed by atoms with E-state index in [1.54, 1.807) is 40.2 Å². The Morgan fingerprint density at radius 3 is 3.00 bits per heavy atom. The minimum absolute atomic E-state index is 0.0127. The molecular formula is C18H12ClN7OS. The summed E-state index contributed by atoms with van der Waals surface area (Å²) < 4.78 is 1.05. The van der Waals surface area contributed by atoms with Gasteiger partial charge in [-0.05, 0) is 23.8 Å². The van der Waals surface area contributed by atoms with Gasteiger partial charge in [0.05, 0.1) is 33.4 Å². The predicted octanol–water partition coefficient (Wildman–Crippen LogP) is 3.13. The smallest absolute Gasteiger partial charge is 0.260 e. The summed E-state index contributed by atoms with van der Waals surface area (Å²) in [5, 5.41) is 0.133. The van der Waals surface area contributed by atoms with E-state index in [-0.39, 0.29) is 17.0 Å². The quantitative estimate of drug-likeness (QED) is 0.397. The number of aromatic amines is 1. The molecule has 0 fully saturated rings. The lowest BCUT2D eigenvalue weighted by Crippen LogP contribution is -2.26. The minimum Gasteiger partial charge on any atom is -0.368 e. The summed E-state index contributed by atoms with van der Waals surface area (Å²) in [4.78, 5) is 34.4. The normalized spacial score (nSPS) is 15.0. The number of amides is 1. The van der Waals surface area contributed by atoms with Gasteiger partial charge in [-0.2, -0.15) is 4.98 Å². The number of rotatable bonds is 3. The van der Waals surface area contributed by atoms with Crippen molar-refractivity contribution in [2.24, 2.45) is 0 Å². The van der Waals surface area contributed by atoms with E-state index >= 15 is 0 Å². The zero-order valence-corrected chi connectivity index (χ0v) is 15.8. The van der Waals surface area contributed by atoms with Crippen LogP contribution in [0.3, 0.4) is 0 Å². The Balaban J connectivity index is 1.61. The van der Waals surface area contributed by atoms with Gasteiger partial charge in [-0.3, -0.25) is 9.69 Å². The van der Waals surface area contributed by atoms with E-state index in [4.69, 9.17) is 17.3 Å². The molecule has 138 valence electrons. The molecule has 0 unspecified atom stereocenters. The van der Waals surface area contributed by atoms with Crippen LogP contribution in [-0.4, -0.2) is 30.8 Å². The summed E-state index contributed by atoms with van der Waals surface area (Å²) in [5.41, 5.74) is 10.3. The van der Waals surface area contributed by atoms with Gasteiger partial charge in [0.15, 0.2) is 5.82 Å². The van der Waals surface area contributed by atoms with E-state index in [1.165, 1.54) is 0 Å². The van der Waals surface area contributed by atoms with Gasteiger partial charge in [0, 0.05) is 12.4 Å². The van der Waals surface area contributed by atoms with E-state index < -0.39 is 0 Å². The van der Waals surface area contributed by atoms with E-state index in [0.29, 0.717) is 29.3 Å². The lowest BCUT2D eigenvalue weighted by atomic mass is 10.1. The van der Waals surface area contributed by atoms with E-state index in [1.807, 2.05) is 18.2 Å². The van der Waals surface area contributed by atoms with E-state index in [0.717, 1.165) is 15.8 Å². The number of fused-ring (bicyclic) bond motifs is 2. The number of H-pyrrole nitrogens is 1. The van der Waals surface area contributed by atoms with Crippen LogP contribution in [0.25, 0.3) is 21.9 Å². The molecule has 4 aromatic rings. The molecule has 4 heterocycles. The molecule has 1 amide bonds. The molecule has 1 aromatic carbocycles. The lowest BCUT2D eigenvalue weighted by Gasteiger charge is -2.16. The molecular weight excluding hydrogens is 398 g/mol. The first-order chi connectivity index (χ1) is 13.6. The highest BCUT2D eigenvalue weighted by Crippen LogP contribution is 2.41. The minimum atomic E-state index is -0.238. The first-order valence-corrected chi connectivity index (χ1v) is 9.54. The van der Waals surface area contributed by atoms with Gasteiger partial charge in [0.25, 0.3) is 5.91 Å². The number of anilines is 2. The first-order valence-electron chi connectivity index (χ1n) is 8.28. The van der Waals surface area contributed by atoms with Crippen LogP contribution in [0.15, 0.2) is 36.1 Å². The number of aromatic nitrogens is 5. The third kappa shape index (κ3) is 2.72. The zero-order valence-electron chi connectivity index (χ0n) is 14.3. The SMILES string of the molecule is Nc1nc(Cl)c2c(n1)N(Cc1ccc3ncsc3c1)C(=O)C2=Cc1ncc[nH]1. The Bertz CT molecular complexity index is 1250. The summed E-state index contributed by atoms with van der Waals surface area (Å²) in [7, 11) is 0. The van der Waals surface area contributed by atoms with Crippen molar-refractivity contribution in [3.05, 3.63) is 58.2 Å².